The molecule has 0 saturated heterocycles. The Morgan fingerprint density at radius 3 is 2.65 bits per heavy atom. The Hall–Kier alpha value is -1.45. The second-order valence-electron chi connectivity index (χ2n) is 3.03. The molecule has 2 rings (SSSR count). The van der Waals surface area contributed by atoms with Gasteiger partial charge < -0.3 is 4.42 Å². The number of aromatic nitrogens is 2. The monoisotopic (exact) mass is 263 g/mol. The van der Waals surface area contributed by atoms with Crippen LogP contribution in [-0.4, -0.2) is 22.5 Å². The van der Waals surface area contributed by atoms with Crippen molar-refractivity contribution in [3.63, 3.8) is 0 Å². The standard InChI is InChI=1S/C11H9N3OS2/c1-16-10-7(6-12)9(8-4-3-5-15-8)13-11(14-10)17-2/h3-5H,1-2H3. The molecule has 0 amide bonds. The topological polar surface area (TPSA) is 62.7 Å². The smallest absolute Gasteiger partial charge is 0.189 e. The molecule has 2 aromatic heterocycles. The van der Waals surface area contributed by atoms with Gasteiger partial charge in [-0.1, -0.05) is 11.8 Å². The quantitative estimate of drug-likeness (QED) is 0.482. The molecule has 0 aromatic carbocycles. The van der Waals surface area contributed by atoms with E-state index in [0.29, 0.717) is 27.2 Å². The maximum atomic E-state index is 9.20. The molecule has 0 radical (unpaired) electrons. The zero-order valence-electron chi connectivity index (χ0n) is 9.30. The minimum absolute atomic E-state index is 0.463. The van der Waals surface area contributed by atoms with Gasteiger partial charge in [0.1, 0.15) is 22.4 Å². The van der Waals surface area contributed by atoms with E-state index in [1.165, 1.54) is 23.5 Å². The molecule has 0 aliphatic rings. The lowest BCUT2D eigenvalue weighted by atomic mass is 10.2. The van der Waals surface area contributed by atoms with Crippen molar-refractivity contribution in [2.45, 2.75) is 10.2 Å². The number of hydrogen-bond acceptors (Lipinski definition) is 6. The van der Waals surface area contributed by atoms with Gasteiger partial charge in [0.25, 0.3) is 0 Å². The zero-order valence-corrected chi connectivity index (χ0v) is 10.9. The summed E-state index contributed by atoms with van der Waals surface area (Å²) in [5, 5.41) is 10.5. The van der Waals surface area contributed by atoms with E-state index in [1.54, 1.807) is 18.4 Å². The van der Waals surface area contributed by atoms with Gasteiger partial charge in [-0.2, -0.15) is 5.26 Å². The van der Waals surface area contributed by atoms with Crippen molar-refractivity contribution in [3.8, 4) is 17.5 Å². The molecular formula is C11H9N3OS2. The van der Waals surface area contributed by atoms with Crippen LogP contribution in [0.15, 0.2) is 33.0 Å². The summed E-state index contributed by atoms with van der Waals surface area (Å²) < 4.78 is 5.30. The Kier molecular flexibility index (Phi) is 3.71. The Morgan fingerprint density at radius 2 is 2.12 bits per heavy atom. The highest BCUT2D eigenvalue weighted by Crippen LogP contribution is 2.29. The van der Waals surface area contributed by atoms with Crippen LogP contribution in [0.4, 0.5) is 0 Å². The van der Waals surface area contributed by atoms with E-state index in [9.17, 15) is 5.26 Å². The molecule has 6 heteroatoms. The summed E-state index contributed by atoms with van der Waals surface area (Å²) in [6, 6.07) is 5.70. The summed E-state index contributed by atoms with van der Waals surface area (Å²) in [7, 11) is 0. The van der Waals surface area contributed by atoms with Crippen LogP contribution >= 0.6 is 23.5 Å². The molecule has 2 aromatic rings. The molecule has 4 nitrogen and oxygen atoms in total. The summed E-state index contributed by atoms with van der Waals surface area (Å²) >= 11 is 2.87. The van der Waals surface area contributed by atoms with E-state index in [4.69, 9.17) is 4.42 Å². The molecule has 0 bridgehead atoms. The third-order valence-electron chi connectivity index (χ3n) is 2.10. The lowest BCUT2D eigenvalue weighted by Gasteiger charge is -2.06. The summed E-state index contributed by atoms with van der Waals surface area (Å²) in [5.41, 5.74) is 1.02. The molecule has 0 fully saturated rings. The van der Waals surface area contributed by atoms with Gasteiger partial charge >= 0.3 is 0 Å². The van der Waals surface area contributed by atoms with E-state index >= 15 is 0 Å². The molecule has 86 valence electrons. The summed E-state index contributed by atoms with van der Waals surface area (Å²) in [6.45, 7) is 0. The van der Waals surface area contributed by atoms with Gasteiger partial charge in [-0.05, 0) is 24.6 Å². The second-order valence-corrected chi connectivity index (χ2v) is 4.60. The molecule has 2 heterocycles. The van der Waals surface area contributed by atoms with Crippen molar-refractivity contribution < 1.29 is 4.42 Å². The molecule has 0 spiro atoms. The van der Waals surface area contributed by atoms with Crippen LogP contribution in [0.5, 0.6) is 0 Å². The van der Waals surface area contributed by atoms with Gasteiger partial charge in [0.15, 0.2) is 10.9 Å². The van der Waals surface area contributed by atoms with Crippen LogP contribution in [0.1, 0.15) is 5.56 Å². The lowest BCUT2D eigenvalue weighted by molar-refractivity contribution is 0.577. The third-order valence-corrected chi connectivity index (χ3v) is 3.33. The number of rotatable bonds is 3. The van der Waals surface area contributed by atoms with Crippen molar-refractivity contribution in [1.29, 1.82) is 5.26 Å². The highest BCUT2D eigenvalue weighted by molar-refractivity contribution is 7.99. The number of hydrogen-bond donors (Lipinski definition) is 0. The first kappa shape index (κ1) is 12.0. The molecule has 0 saturated carbocycles. The Labute approximate surface area is 107 Å². The average molecular weight is 263 g/mol. The minimum Gasteiger partial charge on any atom is -0.463 e. The minimum atomic E-state index is 0.463. The SMILES string of the molecule is CSc1nc(SC)c(C#N)c(-c2ccco2)n1. The first-order valence-corrected chi connectivity index (χ1v) is 7.19. The molecule has 0 aliphatic heterocycles. The summed E-state index contributed by atoms with van der Waals surface area (Å²) in [5.74, 6) is 0.592. The highest BCUT2D eigenvalue weighted by Gasteiger charge is 2.16. The molecule has 0 atom stereocenters. The second kappa shape index (κ2) is 5.25. The summed E-state index contributed by atoms with van der Waals surface area (Å²) in [6.07, 6.45) is 5.35. The van der Waals surface area contributed by atoms with Crippen LogP contribution in [0.25, 0.3) is 11.5 Å². The Morgan fingerprint density at radius 1 is 1.29 bits per heavy atom. The summed E-state index contributed by atoms with van der Waals surface area (Å²) in [4.78, 5) is 8.64. The number of nitrogens with zero attached hydrogens (tertiary/aromatic N) is 3. The van der Waals surface area contributed by atoms with Gasteiger partial charge in [-0.3, -0.25) is 0 Å². The van der Waals surface area contributed by atoms with Crippen LogP contribution in [-0.2, 0) is 0 Å². The largest absolute Gasteiger partial charge is 0.463 e. The van der Waals surface area contributed by atoms with Crippen molar-refractivity contribution in [2.24, 2.45) is 0 Å². The van der Waals surface area contributed by atoms with E-state index in [1.807, 2.05) is 12.5 Å². The lowest BCUT2D eigenvalue weighted by Crippen LogP contribution is -1.97. The predicted molar refractivity (Wildman–Crippen MR) is 68.0 cm³/mol. The van der Waals surface area contributed by atoms with Crippen LogP contribution < -0.4 is 0 Å². The number of nitriles is 1. The van der Waals surface area contributed by atoms with Gasteiger partial charge in [0.05, 0.1) is 6.26 Å². The van der Waals surface area contributed by atoms with Crippen molar-refractivity contribution in [1.82, 2.24) is 9.97 Å². The van der Waals surface area contributed by atoms with Crippen molar-refractivity contribution >= 4 is 23.5 Å². The zero-order chi connectivity index (χ0) is 12.3. The van der Waals surface area contributed by atoms with Gasteiger partial charge in [-0.15, -0.1) is 11.8 Å². The Balaban J connectivity index is 2.68. The van der Waals surface area contributed by atoms with Gasteiger partial charge in [0.2, 0.25) is 0 Å². The maximum absolute atomic E-state index is 9.20. The molecule has 17 heavy (non-hydrogen) atoms. The molecular weight excluding hydrogens is 254 g/mol. The van der Waals surface area contributed by atoms with E-state index in [2.05, 4.69) is 16.0 Å². The van der Waals surface area contributed by atoms with E-state index in [-0.39, 0.29) is 0 Å². The number of furan rings is 1. The van der Waals surface area contributed by atoms with Crippen molar-refractivity contribution in [3.05, 3.63) is 24.0 Å². The normalized spacial score (nSPS) is 10.2. The average Bonchev–Trinajstić information content (AvgIpc) is 2.90. The number of thioether (sulfide) groups is 2. The van der Waals surface area contributed by atoms with Crippen LogP contribution in [0.3, 0.4) is 0 Å². The first-order chi connectivity index (χ1) is 8.30. The fourth-order valence-electron chi connectivity index (χ4n) is 1.35. The fourth-order valence-corrected chi connectivity index (χ4v) is 2.30. The third kappa shape index (κ3) is 2.30. The predicted octanol–water partition coefficient (Wildman–Crippen LogP) is 3.05. The maximum Gasteiger partial charge on any atom is 0.189 e. The molecule has 0 unspecified atom stereocenters. The fraction of sp³-hybridized carbons (Fsp3) is 0.182. The van der Waals surface area contributed by atoms with Crippen molar-refractivity contribution in [2.75, 3.05) is 12.5 Å². The molecule has 0 N–H and O–H groups in total. The van der Waals surface area contributed by atoms with E-state index in [0.717, 1.165) is 0 Å². The van der Waals surface area contributed by atoms with Gasteiger partial charge in [0, 0.05) is 0 Å². The highest BCUT2D eigenvalue weighted by atomic mass is 32.2. The van der Waals surface area contributed by atoms with Crippen LogP contribution in [0, 0.1) is 11.3 Å². The van der Waals surface area contributed by atoms with E-state index < -0.39 is 0 Å². The van der Waals surface area contributed by atoms with Gasteiger partial charge in [-0.25, -0.2) is 9.97 Å². The molecule has 0 aliphatic carbocycles. The van der Waals surface area contributed by atoms with Crippen LogP contribution in [0.2, 0.25) is 0 Å². The first-order valence-electron chi connectivity index (χ1n) is 4.74. The Bertz CT molecular complexity index is 561.